The van der Waals surface area contributed by atoms with Gasteiger partial charge >= 0.3 is 12.0 Å². The number of carbonyl (C=O) groups excluding carboxylic acids is 1. The minimum absolute atomic E-state index is 0.0165. The molecule has 1 fully saturated rings. The van der Waals surface area contributed by atoms with Crippen LogP contribution in [0.5, 0.6) is 0 Å². The Morgan fingerprint density at radius 2 is 2.24 bits per heavy atom. The standard InChI is InChI=1S/C12H22N2O3/c1-3-9(2)13-12(17)14-7-6-10(8-14)4-5-11(15)16/h9-10H,3-8H2,1-2H3,(H,13,17)(H,15,16). The molecule has 2 amide bonds. The number of nitrogens with zero attached hydrogens (tertiary/aromatic N) is 1. The molecular formula is C12H22N2O3. The fourth-order valence-electron chi connectivity index (χ4n) is 1.98. The Hall–Kier alpha value is -1.26. The first-order valence-corrected chi connectivity index (χ1v) is 6.30. The van der Waals surface area contributed by atoms with E-state index in [9.17, 15) is 9.59 Å². The summed E-state index contributed by atoms with van der Waals surface area (Å²) in [5.74, 6) is -0.415. The number of amides is 2. The molecule has 0 spiro atoms. The second-order valence-corrected chi connectivity index (χ2v) is 4.79. The molecule has 0 aromatic rings. The van der Waals surface area contributed by atoms with Crippen LogP contribution in [-0.2, 0) is 4.79 Å². The van der Waals surface area contributed by atoms with Crippen LogP contribution in [0, 0.1) is 5.92 Å². The van der Waals surface area contributed by atoms with Crippen molar-refractivity contribution in [1.29, 1.82) is 0 Å². The van der Waals surface area contributed by atoms with Gasteiger partial charge in [-0.25, -0.2) is 4.79 Å². The fourth-order valence-corrected chi connectivity index (χ4v) is 1.98. The zero-order valence-corrected chi connectivity index (χ0v) is 10.6. The Kier molecular flexibility index (Phi) is 5.25. The predicted molar refractivity (Wildman–Crippen MR) is 64.8 cm³/mol. The Morgan fingerprint density at radius 1 is 1.53 bits per heavy atom. The van der Waals surface area contributed by atoms with Crippen LogP contribution in [0.25, 0.3) is 0 Å². The van der Waals surface area contributed by atoms with E-state index in [1.807, 2.05) is 13.8 Å². The molecule has 0 aromatic carbocycles. The molecule has 5 nitrogen and oxygen atoms in total. The van der Waals surface area contributed by atoms with Crippen LogP contribution < -0.4 is 5.32 Å². The topological polar surface area (TPSA) is 69.6 Å². The molecule has 5 heteroatoms. The first kappa shape index (κ1) is 13.8. The number of aliphatic carboxylic acids is 1. The second kappa shape index (κ2) is 6.47. The summed E-state index contributed by atoms with van der Waals surface area (Å²) < 4.78 is 0. The monoisotopic (exact) mass is 242 g/mol. The largest absolute Gasteiger partial charge is 0.481 e. The van der Waals surface area contributed by atoms with E-state index >= 15 is 0 Å². The van der Waals surface area contributed by atoms with Crippen molar-refractivity contribution in [3.8, 4) is 0 Å². The molecule has 2 unspecified atom stereocenters. The van der Waals surface area contributed by atoms with Gasteiger partial charge in [0.25, 0.3) is 0 Å². The second-order valence-electron chi connectivity index (χ2n) is 4.79. The highest BCUT2D eigenvalue weighted by Crippen LogP contribution is 2.20. The fraction of sp³-hybridized carbons (Fsp3) is 0.833. The van der Waals surface area contributed by atoms with Gasteiger partial charge in [0, 0.05) is 25.6 Å². The van der Waals surface area contributed by atoms with Crippen molar-refractivity contribution in [2.24, 2.45) is 5.92 Å². The molecule has 1 rings (SSSR count). The van der Waals surface area contributed by atoms with Crippen LogP contribution in [0.3, 0.4) is 0 Å². The first-order chi connectivity index (χ1) is 8.02. The number of likely N-dealkylation sites (tertiary alicyclic amines) is 1. The van der Waals surface area contributed by atoms with E-state index in [1.54, 1.807) is 4.90 Å². The molecule has 2 N–H and O–H groups in total. The Balaban J connectivity index is 2.29. The third-order valence-electron chi connectivity index (χ3n) is 3.32. The maximum atomic E-state index is 11.8. The van der Waals surface area contributed by atoms with Gasteiger partial charge < -0.3 is 15.3 Å². The number of nitrogens with one attached hydrogen (secondary N) is 1. The van der Waals surface area contributed by atoms with E-state index in [4.69, 9.17) is 5.11 Å². The highest BCUT2D eigenvalue weighted by atomic mass is 16.4. The van der Waals surface area contributed by atoms with Crippen molar-refractivity contribution in [3.05, 3.63) is 0 Å². The molecule has 2 atom stereocenters. The summed E-state index contributed by atoms with van der Waals surface area (Å²) >= 11 is 0. The number of carboxylic acid groups (broad SMARTS) is 1. The van der Waals surface area contributed by atoms with Crippen molar-refractivity contribution < 1.29 is 14.7 Å². The Bertz CT molecular complexity index is 281. The number of rotatable bonds is 5. The van der Waals surface area contributed by atoms with Crippen LogP contribution in [0.1, 0.15) is 39.5 Å². The van der Waals surface area contributed by atoms with Crippen LogP contribution in [0.4, 0.5) is 4.79 Å². The maximum Gasteiger partial charge on any atom is 0.317 e. The molecule has 0 bridgehead atoms. The third-order valence-corrected chi connectivity index (χ3v) is 3.32. The Labute approximate surface area is 102 Å². The van der Waals surface area contributed by atoms with Gasteiger partial charge in [0.15, 0.2) is 0 Å². The normalized spacial score (nSPS) is 21.3. The summed E-state index contributed by atoms with van der Waals surface area (Å²) in [5.41, 5.74) is 0. The molecule has 0 aliphatic carbocycles. The molecule has 98 valence electrons. The first-order valence-electron chi connectivity index (χ1n) is 6.30. The van der Waals surface area contributed by atoms with Gasteiger partial charge in [-0.3, -0.25) is 4.79 Å². The maximum absolute atomic E-state index is 11.8. The number of carbonyl (C=O) groups is 2. The third kappa shape index (κ3) is 4.63. The molecule has 0 radical (unpaired) electrons. The average molecular weight is 242 g/mol. The van der Waals surface area contributed by atoms with Gasteiger partial charge in [-0.1, -0.05) is 6.92 Å². The molecule has 1 heterocycles. The molecule has 17 heavy (non-hydrogen) atoms. The lowest BCUT2D eigenvalue weighted by Gasteiger charge is -2.20. The van der Waals surface area contributed by atoms with E-state index < -0.39 is 5.97 Å². The number of hydrogen-bond donors (Lipinski definition) is 2. The van der Waals surface area contributed by atoms with Gasteiger partial charge in [-0.15, -0.1) is 0 Å². The Morgan fingerprint density at radius 3 is 2.82 bits per heavy atom. The lowest BCUT2D eigenvalue weighted by Crippen LogP contribution is -2.42. The zero-order chi connectivity index (χ0) is 12.8. The minimum atomic E-state index is -0.757. The van der Waals surface area contributed by atoms with Crippen LogP contribution >= 0.6 is 0 Å². The van der Waals surface area contributed by atoms with Gasteiger partial charge in [0.1, 0.15) is 0 Å². The summed E-state index contributed by atoms with van der Waals surface area (Å²) in [4.78, 5) is 24.1. The van der Waals surface area contributed by atoms with Crippen LogP contribution in [-0.4, -0.2) is 41.1 Å². The molecule has 0 aromatic heterocycles. The highest BCUT2D eigenvalue weighted by molar-refractivity contribution is 5.74. The summed E-state index contributed by atoms with van der Waals surface area (Å²) in [6.45, 7) is 5.45. The quantitative estimate of drug-likeness (QED) is 0.770. The van der Waals surface area contributed by atoms with Gasteiger partial charge in [0.2, 0.25) is 0 Å². The number of hydrogen-bond acceptors (Lipinski definition) is 2. The van der Waals surface area contributed by atoms with E-state index in [0.717, 1.165) is 19.4 Å². The molecule has 1 aliphatic rings. The summed E-state index contributed by atoms with van der Waals surface area (Å²) in [7, 11) is 0. The van der Waals surface area contributed by atoms with E-state index in [1.165, 1.54) is 0 Å². The van der Waals surface area contributed by atoms with Crippen LogP contribution in [0.2, 0.25) is 0 Å². The van der Waals surface area contributed by atoms with Gasteiger partial charge in [-0.2, -0.15) is 0 Å². The van der Waals surface area contributed by atoms with E-state index in [0.29, 0.717) is 18.9 Å². The van der Waals surface area contributed by atoms with Crippen LogP contribution in [0.15, 0.2) is 0 Å². The SMILES string of the molecule is CCC(C)NC(=O)N1CCC(CCC(=O)O)C1. The lowest BCUT2D eigenvalue weighted by atomic mass is 10.0. The summed E-state index contributed by atoms with van der Waals surface area (Å²) in [6.07, 6.45) is 2.71. The molecular weight excluding hydrogens is 220 g/mol. The predicted octanol–water partition coefficient (Wildman–Crippen LogP) is 1.68. The zero-order valence-electron chi connectivity index (χ0n) is 10.6. The van der Waals surface area contributed by atoms with Crippen molar-refractivity contribution in [3.63, 3.8) is 0 Å². The van der Waals surface area contributed by atoms with E-state index in [-0.39, 0.29) is 18.5 Å². The minimum Gasteiger partial charge on any atom is -0.481 e. The summed E-state index contributed by atoms with van der Waals surface area (Å²) in [5, 5.41) is 11.5. The molecule has 1 aliphatic heterocycles. The van der Waals surface area contributed by atoms with Crippen molar-refractivity contribution in [2.75, 3.05) is 13.1 Å². The smallest absolute Gasteiger partial charge is 0.317 e. The molecule has 1 saturated heterocycles. The molecule has 0 saturated carbocycles. The van der Waals surface area contributed by atoms with Gasteiger partial charge in [-0.05, 0) is 32.1 Å². The van der Waals surface area contributed by atoms with Crippen molar-refractivity contribution in [2.45, 2.75) is 45.6 Å². The summed E-state index contributed by atoms with van der Waals surface area (Å²) in [6, 6.07) is 0.178. The van der Waals surface area contributed by atoms with E-state index in [2.05, 4.69) is 5.32 Å². The number of carboxylic acids is 1. The highest BCUT2D eigenvalue weighted by Gasteiger charge is 2.26. The number of urea groups is 1. The average Bonchev–Trinajstić information content (AvgIpc) is 2.74. The van der Waals surface area contributed by atoms with Crippen molar-refractivity contribution >= 4 is 12.0 Å². The van der Waals surface area contributed by atoms with Gasteiger partial charge in [0.05, 0.1) is 0 Å². The van der Waals surface area contributed by atoms with Crippen molar-refractivity contribution in [1.82, 2.24) is 10.2 Å². The lowest BCUT2D eigenvalue weighted by molar-refractivity contribution is -0.137.